The number of fused-ring (bicyclic) bond motifs is 2. The first-order valence-electron chi connectivity index (χ1n) is 9.56. The maximum atomic E-state index is 12.7. The van der Waals surface area contributed by atoms with Gasteiger partial charge in [0.15, 0.2) is 5.16 Å². The van der Waals surface area contributed by atoms with Crippen LogP contribution < -0.4 is 0 Å². The molecule has 2 aromatic rings. The number of rotatable bonds is 4. The number of carbonyl (C=O) groups excluding carboxylic acids is 1. The summed E-state index contributed by atoms with van der Waals surface area (Å²) in [5.74, 6) is 0.234. The van der Waals surface area contributed by atoms with E-state index >= 15 is 0 Å². The van der Waals surface area contributed by atoms with E-state index in [9.17, 15) is 4.79 Å². The highest BCUT2D eigenvalue weighted by Crippen LogP contribution is 2.42. The van der Waals surface area contributed by atoms with Crippen molar-refractivity contribution in [3.05, 3.63) is 35.7 Å². The van der Waals surface area contributed by atoms with Gasteiger partial charge in [-0.2, -0.15) is 0 Å². The summed E-state index contributed by atoms with van der Waals surface area (Å²) >= 11 is 1.55. The number of nitrogens with one attached hydrogen (secondary N) is 1. The minimum Gasteiger partial charge on any atom is -0.348 e. The van der Waals surface area contributed by atoms with Gasteiger partial charge in [0.2, 0.25) is 5.91 Å². The summed E-state index contributed by atoms with van der Waals surface area (Å²) in [5, 5.41) is 0.804. The molecule has 1 N–H and O–H groups in total. The average Bonchev–Trinajstić information content (AvgIpc) is 3.20. The molecule has 2 aliphatic heterocycles. The van der Waals surface area contributed by atoms with Crippen LogP contribution in [0.15, 0.2) is 23.9 Å². The molecule has 0 atom stereocenters. The van der Waals surface area contributed by atoms with E-state index in [4.69, 9.17) is 0 Å². The van der Waals surface area contributed by atoms with Gasteiger partial charge >= 0.3 is 0 Å². The van der Waals surface area contributed by atoms with Gasteiger partial charge < -0.3 is 9.88 Å². The van der Waals surface area contributed by atoms with Gasteiger partial charge in [0.1, 0.15) is 0 Å². The Kier molecular flexibility index (Phi) is 5.19. The maximum absolute atomic E-state index is 12.7. The lowest BCUT2D eigenvalue weighted by molar-refractivity contribution is -0.141. The van der Waals surface area contributed by atoms with Crippen LogP contribution in [0, 0.1) is 0 Å². The van der Waals surface area contributed by atoms with Crippen LogP contribution in [0.2, 0.25) is 0 Å². The molecule has 1 spiro atoms. The first kappa shape index (κ1) is 18.4. The summed E-state index contributed by atoms with van der Waals surface area (Å²) in [6, 6.07) is 0. The molecule has 0 aliphatic carbocycles. The van der Waals surface area contributed by atoms with Crippen LogP contribution in [0.25, 0.3) is 0 Å². The summed E-state index contributed by atoms with van der Waals surface area (Å²) in [6.45, 7) is 5.45. The van der Waals surface area contributed by atoms with Crippen molar-refractivity contribution in [2.75, 3.05) is 25.9 Å². The topological polar surface area (TPSA) is 78.0 Å². The molecule has 144 valence electrons. The Hall–Kier alpha value is -1.93. The zero-order valence-corrected chi connectivity index (χ0v) is 16.8. The molecule has 1 saturated heterocycles. The highest BCUT2D eigenvalue weighted by molar-refractivity contribution is 7.98. The van der Waals surface area contributed by atoms with Crippen LogP contribution in [-0.4, -0.2) is 61.5 Å². The van der Waals surface area contributed by atoms with E-state index in [0.717, 1.165) is 61.9 Å². The van der Waals surface area contributed by atoms with E-state index < -0.39 is 0 Å². The van der Waals surface area contributed by atoms with Gasteiger partial charge in [0.05, 0.1) is 17.6 Å². The fourth-order valence-corrected chi connectivity index (χ4v) is 4.72. The molecule has 7 nitrogen and oxygen atoms in total. The van der Waals surface area contributed by atoms with Crippen LogP contribution in [0.3, 0.4) is 0 Å². The molecule has 0 saturated carbocycles. The third-order valence-corrected chi connectivity index (χ3v) is 6.39. The Morgan fingerprint density at radius 1 is 1.22 bits per heavy atom. The molecule has 1 amide bonds. The lowest BCUT2D eigenvalue weighted by Gasteiger charge is -2.50. The largest absolute Gasteiger partial charge is 0.348 e. The number of amides is 1. The van der Waals surface area contributed by atoms with Gasteiger partial charge in [-0.15, -0.1) is 0 Å². The predicted octanol–water partition coefficient (Wildman–Crippen LogP) is 2.21. The van der Waals surface area contributed by atoms with Crippen molar-refractivity contribution >= 4 is 17.7 Å². The van der Waals surface area contributed by atoms with Crippen LogP contribution in [0.1, 0.15) is 43.1 Å². The lowest BCUT2D eigenvalue weighted by atomic mass is 9.78. The first-order chi connectivity index (χ1) is 13.2. The van der Waals surface area contributed by atoms with E-state index in [1.54, 1.807) is 18.1 Å². The van der Waals surface area contributed by atoms with Crippen molar-refractivity contribution in [3.8, 4) is 0 Å². The number of likely N-dealkylation sites (tertiary alicyclic amines) is 1. The van der Waals surface area contributed by atoms with Crippen LogP contribution in [-0.2, 0) is 23.3 Å². The van der Waals surface area contributed by atoms with Gasteiger partial charge in [0, 0.05) is 62.7 Å². The van der Waals surface area contributed by atoms with Crippen LogP contribution in [0.4, 0.5) is 0 Å². The van der Waals surface area contributed by atoms with E-state index in [-0.39, 0.29) is 11.4 Å². The van der Waals surface area contributed by atoms with E-state index in [0.29, 0.717) is 6.42 Å². The molecule has 0 aromatic carbocycles. The van der Waals surface area contributed by atoms with Gasteiger partial charge in [-0.25, -0.2) is 15.0 Å². The SMILES string of the molecule is CCC(=O)N1CCc2[nH]cnc2C12CCN(Cc1cnc(SC)nc1)CC2. The fraction of sp³-hybridized carbons (Fsp3) is 0.579. The number of hydrogen-bond acceptors (Lipinski definition) is 6. The molecular weight excluding hydrogens is 360 g/mol. The molecule has 8 heteroatoms. The van der Waals surface area contributed by atoms with E-state index in [2.05, 4.69) is 29.7 Å². The number of aromatic nitrogens is 4. The summed E-state index contributed by atoms with van der Waals surface area (Å²) in [7, 11) is 0. The normalized spacial score (nSPS) is 19.3. The summed E-state index contributed by atoms with van der Waals surface area (Å²) in [5.41, 5.74) is 3.16. The predicted molar refractivity (Wildman–Crippen MR) is 104 cm³/mol. The van der Waals surface area contributed by atoms with Crippen molar-refractivity contribution in [1.29, 1.82) is 0 Å². The van der Waals surface area contributed by atoms with Crippen molar-refractivity contribution < 1.29 is 4.79 Å². The number of aromatic amines is 1. The standard InChI is InChI=1S/C19H26N6OS/c1-3-16(26)25-7-4-15-17(23-13-22-15)19(25)5-8-24(9-6-19)12-14-10-20-18(27-2)21-11-14/h10-11,13H,3-9,12H2,1-2H3,(H,22,23). The number of piperidine rings is 1. The molecule has 1 fully saturated rings. The number of imidazole rings is 1. The third kappa shape index (κ3) is 3.36. The molecule has 2 aliphatic rings. The Labute approximate surface area is 164 Å². The van der Waals surface area contributed by atoms with Gasteiger partial charge in [-0.05, 0) is 19.1 Å². The Morgan fingerprint density at radius 3 is 2.63 bits per heavy atom. The van der Waals surface area contributed by atoms with Crippen molar-refractivity contribution in [2.24, 2.45) is 0 Å². The van der Waals surface area contributed by atoms with Crippen LogP contribution >= 0.6 is 11.8 Å². The number of H-pyrrole nitrogens is 1. The molecule has 0 bridgehead atoms. The minimum atomic E-state index is -0.254. The minimum absolute atomic E-state index is 0.234. The second kappa shape index (κ2) is 7.59. The highest BCUT2D eigenvalue weighted by atomic mass is 32.2. The number of hydrogen-bond donors (Lipinski definition) is 1. The second-order valence-electron chi connectivity index (χ2n) is 7.26. The average molecular weight is 387 g/mol. The Morgan fingerprint density at radius 2 is 1.96 bits per heavy atom. The Balaban J connectivity index is 1.50. The van der Waals surface area contributed by atoms with Crippen molar-refractivity contribution in [1.82, 2.24) is 29.7 Å². The fourth-order valence-electron chi connectivity index (χ4n) is 4.41. The van der Waals surface area contributed by atoms with Gasteiger partial charge in [0.25, 0.3) is 0 Å². The third-order valence-electron chi connectivity index (χ3n) is 5.82. The molecule has 0 radical (unpaired) electrons. The summed E-state index contributed by atoms with van der Waals surface area (Å²) in [6.07, 6.45) is 10.8. The zero-order valence-electron chi connectivity index (χ0n) is 15.9. The van der Waals surface area contributed by atoms with E-state index in [1.807, 2.05) is 25.6 Å². The van der Waals surface area contributed by atoms with E-state index in [1.165, 1.54) is 5.69 Å². The maximum Gasteiger partial charge on any atom is 0.223 e. The molecular formula is C19H26N6OS. The number of thioether (sulfide) groups is 1. The lowest BCUT2D eigenvalue weighted by Crippen LogP contribution is -2.58. The van der Waals surface area contributed by atoms with Crippen molar-refractivity contribution in [3.63, 3.8) is 0 Å². The summed E-state index contributed by atoms with van der Waals surface area (Å²) < 4.78 is 0. The molecule has 4 heterocycles. The molecule has 2 aromatic heterocycles. The van der Waals surface area contributed by atoms with Gasteiger partial charge in [-0.3, -0.25) is 9.69 Å². The summed E-state index contributed by atoms with van der Waals surface area (Å²) in [4.78, 5) is 33.9. The smallest absolute Gasteiger partial charge is 0.223 e. The zero-order chi connectivity index (χ0) is 18.9. The van der Waals surface area contributed by atoms with Crippen LogP contribution in [0.5, 0.6) is 0 Å². The molecule has 0 unspecified atom stereocenters. The first-order valence-corrected chi connectivity index (χ1v) is 10.8. The monoisotopic (exact) mass is 386 g/mol. The molecule has 4 rings (SSSR count). The second-order valence-corrected chi connectivity index (χ2v) is 8.04. The highest BCUT2D eigenvalue weighted by Gasteiger charge is 2.48. The Bertz CT molecular complexity index is 797. The van der Waals surface area contributed by atoms with Crippen molar-refractivity contribution in [2.45, 2.75) is 49.8 Å². The van der Waals surface area contributed by atoms with Gasteiger partial charge in [-0.1, -0.05) is 18.7 Å². The number of carbonyl (C=O) groups is 1. The quantitative estimate of drug-likeness (QED) is 0.641. The molecule has 27 heavy (non-hydrogen) atoms. The number of nitrogens with zero attached hydrogens (tertiary/aromatic N) is 5.